The summed E-state index contributed by atoms with van der Waals surface area (Å²) in [6.07, 6.45) is 1.81. The fourth-order valence-electron chi connectivity index (χ4n) is 5.29. The molecular formula is C29H29FN4S. The van der Waals surface area contributed by atoms with Gasteiger partial charge < -0.3 is 14.8 Å². The average Bonchev–Trinajstić information content (AvgIpc) is 3.31. The molecule has 0 amide bonds. The molecule has 0 unspecified atom stereocenters. The van der Waals surface area contributed by atoms with Gasteiger partial charge in [-0.3, -0.25) is 4.98 Å². The first-order valence-electron chi connectivity index (χ1n) is 11.8. The molecule has 1 aliphatic heterocycles. The normalized spacial score (nSPS) is 17.7. The summed E-state index contributed by atoms with van der Waals surface area (Å²) in [6, 6.07) is 19.7. The molecule has 4 aromatic rings. The van der Waals surface area contributed by atoms with E-state index in [1.807, 2.05) is 24.3 Å². The highest BCUT2D eigenvalue weighted by molar-refractivity contribution is 7.80. The molecule has 178 valence electrons. The standard InChI is InChI=1S/C29H29FN4S/c1-17-12-18(2)14-23(13-17)33-20(4)16-24(21(33)5)28-27(26-8-6-7-11-31-26)32-29(35)34(28)22-9-10-25(30)19(3)15-22/h6-16,27-28H,1-5H3,(H,32,35)/t27-,28+/m0/s1. The van der Waals surface area contributed by atoms with E-state index in [1.54, 1.807) is 19.2 Å². The van der Waals surface area contributed by atoms with Gasteiger partial charge in [0.25, 0.3) is 0 Å². The smallest absolute Gasteiger partial charge is 0.174 e. The Bertz CT molecular complexity index is 1410. The Morgan fingerprint density at radius 3 is 2.29 bits per heavy atom. The van der Waals surface area contributed by atoms with Crippen LogP contribution >= 0.6 is 12.2 Å². The van der Waals surface area contributed by atoms with Crippen LogP contribution in [0.2, 0.25) is 0 Å². The summed E-state index contributed by atoms with van der Waals surface area (Å²) >= 11 is 5.85. The van der Waals surface area contributed by atoms with Gasteiger partial charge in [-0.25, -0.2) is 4.39 Å². The summed E-state index contributed by atoms with van der Waals surface area (Å²) in [4.78, 5) is 6.76. The molecular weight excluding hydrogens is 455 g/mol. The number of benzene rings is 2. The molecule has 4 nitrogen and oxygen atoms in total. The van der Waals surface area contributed by atoms with E-state index in [0.717, 1.165) is 34.0 Å². The van der Waals surface area contributed by atoms with Crippen LogP contribution in [0.3, 0.4) is 0 Å². The molecule has 1 N–H and O–H groups in total. The van der Waals surface area contributed by atoms with E-state index in [4.69, 9.17) is 12.2 Å². The van der Waals surface area contributed by atoms with Gasteiger partial charge in [0, 0.05) is 29.0 Å². The van der Waals surface area contributed by atoms with Crippen molar-refractivity contribution in [1.82, 2.24) is 14.9 Å². The molecule has 0 radical (unpaired) electrons. The molecule has 1 aliphatic rings. The Kier molecular flexibility index (Phi) is 5.93. The number of hydrogen-bond acceptors (Lipinski definition) is 2. The van der Waals surface area contributed by atoms with Crippen molar-refractivity contribution in [2.45, 2.75) is 46.7 Å². The molecule has 0 spiro atoms. The van der Waals surface area contributed by atoms with Crippen LogP contribution in [-0.2, 0) is 0 Å². The van der Waals surface area contributed by atoms with Gasteiger partial charge in [0.15, 0.2) is 5.11 Å². The number of pyridine rings is 1. The van der Waals surface area contributed by atoms with Crippen molar-refractivity contribution in [2.75, 3.05) is 4.90 Å². The molecule has 2 atom stereocenters. The second kappa shape index (κ2) is 8.93. The lowest BCUT2D eigenvalue weighted by molar-refractivity contribution is 0.564. The summed E-state index contributed by atoms with van der Waals surface area (Å²) in [7, 11) is 0. The third kappa shape index (κ3) is 4.12. The van der Waals surface area contributed by atoms with Gasteiger partial charge in [-0.15, -0.1) is 0 Å². The van der Waals surface area contributed by atoms with Gasteiger partial charge >= 0.3 is 0 Å². The molecule has 0 bridgehead atoms. The monoisotopic (exact) mass is 484 g/mol. The van der Waals surface area contributed by atoms with Crippen LogP contribution in [0.25, 0.3) is 5.69 Å². The molecule has 3 heterocycles. The summed E-state index contributed by atoms with van der Waals surface area (Å²) in [6.45, 7) is 10.3. The summed E-state index contributed by atoms with van der Waals surface area (Å²) in [5.41, 5.74) is 9.43. The third-order valence-corrected chi connectivity index (χ3v) is 7.09. The Hall–Kier alpha value is -3.51. The number of rotatable bonds is 4. The van der Waals surface area contributed by atoms with Crippen molar-refractivity contribution in [3.05, 3.63) is 112 Å². The average molecular weight is 485 g/mol. The van der Waals surface area contributed by atoms with E-state index in [0.29, 0.717) is 10.7 Å². The minimum atomic E-state index is -0.224. The third-order valence-electron chi connectivity index (χ3n) is 6.77. The topological polar surface area (TPSA) is 33.1 Å². The number of nitrogens with one attached hydrogen (secondary N) is 1. The van der Waals surface area contributed by atoms with Crippen molar-refractivity contribution in [2.24, 2.45) is 0 Å². The van der Waals surface area contributed by atoms with E-state index in [1.165, 1.54) is 17.2 Å². The molecule has 0 aliphatic carbocycles. The van der Waals surface area contributed by atoms with Gasteiger partial charge in [0.05, 0.1) is 17.8 Å². The van der Waals surface area contributed by atoms with Crippen LogP contribution in [0.5, 0.6) is 0 Å². The van der Waals surface area contributed by atoms with Crippen LogP contribution in [-0.4, -0.2) is 14.7 Å². The lowest BCUT2D eigenvalue weighted by Crippen LogP contribution is -2.29. The lowest BCUT2D eigenvalue weighted by Gasteiger charge is -2.28. The first-order valence-corrected chi connectivity index (χ1v) is 12.2. The number of thiocarbonyl (C=S) groups is 1. The van der Waals surface area contributed by atoms with Crippen LogP contribution < -0.4 is 10.2 Å². The highest BCUT2D eigenvalue weighted by Crippen LogP contribution is 2.44. The maximum atomic E-state index is 14.1. The molecule has 2 aromatic heterocycles. The number of nitrogens with zero attached hydrogens (tertiary/aromatic N) is 3. The Morgan fingerprint density at radius 2 is 1.63 bits per heavy atom. The zero-order chi connectivity index (χ0) is 24.9. The predicted molar refractivity (Wildman–Crippen MR) is 144 cm³/mol. The largest absolute Gasteiger partial charge is 0.351 e. The second-order valence-electron chi connectivity index (χ2n) is 9.44. The minimum Gasteiger partial charge on any atom is -0.351 e. The minimum absolute atomic E-state index is 0.145. The van der Waals surface area contributed by atoms with Gasteiger partial charge in [0.1, 0.15) is 5.82 Å². The van der Waals surface area contributed by atoms with Crippen molar-refractivity contribution in [3.63, 3.8) is 0 Å². The molecule has 1 saturated heterocycles. The zero-order valence-corrected chi connectivity index (χ0v) is 21.4. The molecule has 35 heavy (non-hydrogen) atoms. The van der Waals surface area contributed by atoms with Crippen LogP contribution in [0.1, 0.15) is 51.4 Å². The Morgan fingerprint density at radius 1 is 0.886 bits per heavy atom. The van der Waals surface area contributed by atoms with Crippen LogP contribution in [0, 0.1) is 40.4 Å². The summed E-state index contributed by atoms with van der Waals surface area (Å²) < 4.78 is 16.4. The first-order chi connectivity index (χ1) is 16.7. The van der Waals surface area contributed by atoms with Gasteiger partial charge in [-0.1, -0.05) is 12.1 Å². The second-order valence-corrected chi connectivity index (χ2v) is 9.82. The highest BCUT2D eigenvalue weighted by atomic mass is 32.1. The van der Waals surface area contributed by atoms with E-state index in [-0.39, 0.29) is 17.9 Å². The van der Waals surface area contributed by atoms with Gasteiger partial charge in [0.2, 0.25) is 0 Å². The quantitative estimate of drug-likeness (QED) is 0.326. The van der Waals surface area contributed by atoms with Crippen LogP contribution in [0.4, 0.5) is 10.1 Å². The molecule has 6 heteroatoms. The first kappa shape index (κ1) is 23.2. The zero-order valence-electron chi connectivity index (χ0n) is 20.6. The summed E-state index contributed by atoms with van der Waals surface area (Å²) in [5.74, 6) is -0.224. The lowest BCUT2D eigenvalue weighted by atomic mass is 9.96. The maximum Gasteiger partial charge on any atom is 0.174 e. The molecule has 2 aromatic carbocycles. The number of hydrogen-bond donors (Lipinski definition) is 1. The van der Waals surface area contributed by atoms with E-state index in [9.17, 15) is 4.39 Å². The summed E-state index contributed by atoms with van der Waals surface area (Å²) in [5, 5.41) is 4.11. The Balaban J connectivity index is 1.70. The van der Waals surface area contributed by atoms with Crippen molar-refractivity contribution in [3.8, 4) is 5.69 Å². The van der Waals surface area contributed by atoms with Crippen molar-refractivity contribution in [1.29, 1.82) is 0 Å². The molecule has 1 fully saturated rings. The van der Waals surface area contributed by atoms with E-state index < -0.39 is 0 Å². The van der Waals surface area contributed by atoms with Gasteiger partial charge in [-0.05, 0) is 118 Å². The Labute approximate surface area is 211 Å². The fraction of sp³-hybridized carbons (Fsp3) is 0.241. The van der Waals surface area contributed by atoms with E-state index >= 15 is 0 Å². The number of aryl methyl sites for hydroxylation is 4. The number of aromatic nitrogens is 2. The SMILES string of the molecule is Cc1cc(C)cc(-n2c(C)cc([C@@H]3[C@H](c4ccccn4)NC(=S)N3c3ccc(F)c(C)c3)c2C)c1. The highest BCUT2D eigenvalue weighted by Gasteiger charge is 2.42. The predicted octanol–water partition coefficient (Wildman–Crippen LogP) is 6.73. The van der Waals surface area contributed by atoms with Crippen molar-refractivity contribution < 1.29 is 4.39 Å². The van der Waals surface area contributed by atoms with E-state index in [2.05, 4.69) is 71.7 Å². The molecule has 0 saturated carbocycles. The molecule has 5 rings (SSSR count). The number of halogens is 1. The fourth-order valence-corrected chi connectivity index (χ4v) is 5.64. The van der Waals surface area contributed by atoms with Gasteiger partial charge in [-0.2, -0.15) is 0 Å². The maximum absolute atomic E-state index is 14.1. The van der Waals surface area contributed by atoms with Crippen LogP contribution in [0.15, 0.2) is 66.9 Å². The van der Waals surface area contributed by atoms with Crippen molar-refractivity contribution >= 4 is 23.0 Å². The number of anilines is 1.